The Morgan fingerprint density at radius 1 is 1.30 bits per heavy atom. The van der Waals surface area contributed by atoms with Crippen molar-refractivity contribution < 1.29 is 31.8 Å². The fourth-order valence-electron chi connectivity index (χ4n) is 2.76. The molecule has 0 unspecified atom stereocenters. The predicted octanol–water partition coefficient (Wildman–Crippen LogP) is 5.47. The second-order valence-corrected chi connectivity index (χ2v) is 7.65. The molecule has 1 amide bonds. The van der Waals surface area contributed by atoms with Crippen LogP contribution in [-0.2, 0) is 4.74 Å². The van der Waals surface area contributed by atoms with Gasteiger partial charge in [0.2, 0.25) is 5.96 Å². The van der Waals surface area contributed by atoms with Gasteiger partial charge in [-0.3, -0.25) is 5.32 Å². The highest BCUT2D eigenvalue weighted by Crippen LogP contribution is 2.29. The number of ether oxygens (including phenoxy) is 2. The van der Waals surface area contributed by atoms with Gasteiger partial charge in [0.05, 0.1) is 28.0 Å². The van der Waals surface area contributed by atoms with Gasteiger partial charge in [0.15, 0.2) is 6.19 Å². The Balaban J connectivity index is 0.000000604. The largest absolute Gasteiger partial charge is 0.573 e. The molecule has 0 atom stereocenters. The summed E-state index contributed by atoms with van der Waals surface area (Å²) in [5.41, 5.74) is 5.70. The maximum atomic E-state index is 13.7. The fourth-order valence-corrected chi connectivity index (χ4v) is 3.06. The number of halogens is 6. The summed E-state index contributed by atoms with van der Waals surface area (Å²) in [6.07, 6.45) is -2.17. The number of nitrogens with two attached hydrogens (primary N) is 1. The molecule has 15 heteroatoms. The molecule has 0 spiro atoms. The zero-order chi connectivity index (χ0) is 27.6. The molecule has 2 aromatic carbocycles. The van der Waals surface area contributed by atoms with Crippen molar-refractivity contribution >= 4 is 46.7 Å². The van der Waals surface area contributed by atoms with Gasteiger partial charge in [-0.2, -0.15) is 10.4 Å². The summed E-state index contributed by atoms with van der Waals surface area (Å²) in [5.74, 6) is -1.87. The molecule has 1 aliphatic rings. The molecule has 0 saturated carbocycles. The van der Waals surface area contributed by atoms with Gasteiger partial charge < -0.3 is 15.2 Å². The maximum Gasteiger partial charge on any atom is 0.573 e. The lowest BCUT2D eigenvalue weighted by molar-refractivity contribution is -0.274. The first-order valence-corrected chi connectivity index (χ1v) is 10.8. The second kappa shape index (κ2) is 13.3. The minimum atomic E-state index is -4.99. The van der Waals surface area contributed by atoms with Crippen molar-refractivity contribution in [2.45, 2.75) is 12.8 Å². The number of rotatable bonds is 5. The molecule has 3 rings (SSSR count). The lowest BCUT2D eigenvalue weighted by Crippen LogP contribution is -2.34. The molecular weight excluding hydrogens is 543 g/mol. The van der Waals surface area contributed by atoms with Crippen LogP contribution in [0.25, 0.3) is 0 Å². The van der Waals surface area contributed by atoms with E-state index in [1.54, 1.807) is 24.4 Å². The third-order valence-electron chi connectivity index (χ3n) is 4.13. The highest BCUT2D eigenvalue weighted by atomic mass is 35.5. The number of nitrogens with one attached hydrogen (secondary N) is 1. The molecule has 1 heterocycles. The number of hydrogen-bond acceptors (Lipinski definition) is 6. The quantitative estimate of drug-likeness (QED) is 0.125. The number of aliphatic imine (C=N–C) groups is 1. The molecule has 0 saturated heterocycles. The van der Waals surface area contributed by atoms with E-state index < -0.39 is 24.0 Å². The molecule has 196 valence electrons. The molecule has 0 fully saturated rings. The summed E-state index contributed by atoms with van der Waals surface area (Å²) in [6, 6.07) is 7.31. The maximum absolute atomic E-state index is 13.7. The normalized spacial score (nSPS) is 13.1. The Morgan fingerprint density at radius 3 is 2.59 bits per heavy atom. The van der Waals surface area contributed by atoms with E-state index in [1.165, 1.54) is 11.1 Å². The predicted molar refractivity (Wildman–Crippen MR) is 129 cm³/mol. The van der Waals surface area contributed by atoms with Gasteiger partial charge in [0.1, 0.15) is 18.2 Å². The zero-order valence-electron chi connectivity index (χ0n) is 18.7. The van der Waals surface area contributed by atoms with Crippen LogP contribution in [-0.4, -0.2) is 42.3 Å². The number of carbonyl (C=O) groups excluding carboxylic acids is 1. The monoisotopic (exact) mass is 560 g/mol. The molecule has 1 aliphatic heterocycles. The van der Waals surface area contributed by atoms with E-state index >= 15 is 0 Å². The van der Waals surface area contributed by atoms with E-state index in [1.807, 2.05) is 0 Å². The van der Waals surface area contributed by atoms with Crippen molar-refractivity contribution in [2.24, 2.45) is 15.8 Å². The van der Waals surface area contributed by atoms with E-state index in [-0.39, 0.29) is 18.3 Å². The van der Waals surface area contributed by atoms with Crippen LogP contribution in [0.2, 0.25) is 10.0 Å². The van der Waals surface area contributed by atoms with Gasteiger partial charge in [-0.1, -0.05) is 41.9 Å². The van der Waals surface area contributed by atoms with Crippen LogP contribution in [0.3, 0.4) is 0 Å². The van der Waals surface area contributed by atoms with E-state index in [2.05, 4.69) is 37.2 Å². The zero-order valence-corrected chi connectivity index (χ0v) is 20.2. The van der Waals surface area contributed by atoms with Crippen LogP contribution in [0.15, 0.2) is 59.1 Å². The van der Waals surface area contributed by atoms with E-state index in [0.29, 0.717) is 40.4 Å². The lowest BCUT2D eigenvalue weighted by Gasteiger charge is -2.15. The minimum Gasteiger partial charge on any atom is -0.445 e. The van der Waals surface area contributed by atoms with Crippen molar-refractivity contribution in [3.63, 3.8) is 0 Å². The summed E-state index contributed by atoms with van der Waals surface area (Å²) >= 11 is 11.9. The summed E-state index contributed by atoms with van der Waals surface area (Å²) in [7, 11) is 0. The number of nitriles is 1. The molecule has 0 radical (unpaired) electrons. The first-order valence-electron chi connectivity index (χ1n) is 10.1. The van der Waals surface area contributed by atoms with Gasteiger partial charge in [-0.15, -0.1) is 13.2 Å². The second-order valence-electron chi connectivity index (χ2n) is 6.83. The summed E-state index contributed by atoms with van der Waals surface area (Å²) < 4.78 is 58.9. The number of nitrogens with zero attached hydrogens (tertiary/aromatic N) is 4. The highest BCUT2D eigenvalue weighted by molar-refractivity contribution is 6.42. The van der Waals surface area contributed by atoms with E-state index in [0.717, 1.165) is 12.1 Å². The standard InChI is InChI=1S/C18H11Cl2F4N5O.C4H7NO2/c19-14-2-1-10(5-15(14)20)16-3-4-29(28-16)17(26-9-25)27-12-6-11(21)7-13(8-12)30-18(22,23)24;1-2-3-7-4(5)6/h1-2,5-8H,3-4H2,(H,26,27);2H,1,3H2,(H2,5,6). The van der Waals surface area contributed by atoms with Gasteiger partial charge in [0, 0.05) is 18.6 Å². The molecule has 37 heavy (non-hydrogen) atoms. The van der Waals surface area contributed by atoms with E-state index in [9.17, 15) is 22.4 Å². The third-order valence-corrected chi connectivity index (χ3v) is 4.87. The Bertz CT molecular complexity index is 1250. The number of guanidine groups is 1. The first kappa shape index (κ1) is 29.2. The van der Waals surface area contributed by atoms with Crippen LogP contribution in [0, 0.1) is 17.3 Å². The Kier molecular flexibility index (Phi) is 10.5. The molecule has 2 aromatic rings. The number of carbonyl (C=O) groups is 1. The molecule has 9 nitrogen and oxygen atoms in total. The van der Waals surface area contributed by atoms with Crippen molar-refractivity contribution in [3.05, 3.63) is 70.5 Å². The van der Waals surface area contributed by atoms with Crippen molar-refractivity contribution in [1.29, 1.82) is 5.26 Å². The van der Waals surface area contributed by atoms with Crippen LogP contribution in [0.1, 0.15) is 12.0 Å². The van der Waals surface area contributed by atoms with E-state index in [4.69, 9.17) is 28.5 Å². The van der Waals surface area contributed by atoms with Gasteiger partial charge in [-0.05, 0) is 23.8 Å². The minimum absolute atomic E-state index is 0.101. The Morgan fingerprint density at radius 2 is 2.03 bits per heavy atom. The highest BCUT2D eigenvalue weighted by Gasteiger charge is 2.31. The number of benzene rings is 2. The smallest absolute Gasteiger partial charge is 0.445 e. The van der Waals surface area contributed by atoms with Crippen molar-refractivity contribution in [3.8, 4) is 11.9 Å². The van der Waals surface area contributed by atoms with Gasteiger partial charge in [-0.25, -0.2) is 19.2 Å². The fraction of sp³-hybridized carbons (Fsp3) is 0.182. The SMILES string of the molecule is C=CCOC(N)=O.N#CNC(=Nc1cc(F)cc(OC(F)(F)F)c1)N1CCC(c2ccc(Cl)c(Cl)c2)=N1. The van der Waals surface area contributed by atoms with Crippen LogP contribution in [0.4, 0.5) is 28.0 Å². The number of amides is 1. The van der Waals surface area contributed by atoms with Crippen LogP contribution < -0.4 is 15.8 Å². The number of hydrogen-bond donors (Lipinski definition) is 2. The van der Waals surface area contributed by atoms with Crippen molar-refractivity contribution in [1.82, 2.24) is 10.3 Å². The average Bonchev–Trinajstić information content (AvgIpc) is 3.28. The molecular formula is C22H18Cl2F4N6O3. The van der Waals surface area contributed by atoms with Gasteiger partial charge in [0.25, 0.3) is 0 Å². The summed E-state index contributed by atoms with van der Waals surface area (Å²) in [6.45, 7) is 3.80. The summed E-state index contributed by atoms with van der Waals surface area (Å²) in [4.78, 5) is 13.7. The van der Waals surface area contributed by atoms with Gasteiger partial charge >= 0.3 is 12.5 Å². The summed E-state index contributed by atoms with van der Waals surface area (Å²) in [5, 5.41) is 17.7. The number of hydrazone groups is 1. The third kappa shape index (κ3) is 9.86. The molecule has 0 aromatic heterocycles. The average molecular weight is 561 g/mol. The molecule has 0 aliphatic carbocycles. The number of primary amides is 1. The van der Waals surface area contributed by atoms with Crippen LogP contribution in [0.5, 0.6) is 5.75 Å². The van der Waals surface area contributed by atoms with Crippen molar-refractivity contribution in [2.75, 3.05) is 13.2 Å². The first-order chi connectivity index (χ1) is 17.4. The number of alkyl halides is 3. The Labute approximate surface area is 218 Å². The molecule has 0 bridgehead atoms. The Hall–Kier alpha value is -4.02. The topological polar surface area (TPSA) is 125 Å². The molecule has 3 N–H and O–H groups in total. The van der Waals surface area contributed by atoms with Crippen LogP contribution >= 0.6 is 23.2 Å². The lowest BCUT2D eigenvalue weighted by atomic mass is 10.1.